The molecule has 17 heavy (non-hydrogen) atoms. The van der Waals surface area contributed by atoms with Crippen molar-refractivity contribution in [3.8, 4) is 0 Å². The lowest BCUT2D eigenvalue weighted by Gasteiger charge is -1.94. The van der Waals surface area contributed by atoms with Crippen molar-refractivity contribution in [1.82, 2.24) is 4.98 Å². The number of hydrogen-bond donors (Lipinski definition) is 1. The molecule has 0 unspecified atom stereocenters. The predicted molar refractivity (Wildman–Crippen MR) is 69.7 cm³/mol. The number of thiazole rings is 1. The molecule has 0 fully saturated rings. The lowest BCUT2D eigenvalue weighted by Crippen LogP contribution is -1.96. The lowest BCUT2D eigenvalue weighted by atomic mass is 10.2. The van der Waals surface area contributed by atoms with Gasteiger partial charge in [0.05, 0.1) is 23.7 Å². The van der Waals surface area contributed by atoms with Crippen molar-refractivity contribution in [2.24, 2.45) is 0 Å². The van der Waals surface area contributed by atoms with Crippen LogP contribution in [-0.4, -0.2) is 18.1 Å². The Morgan fingerprint density at radius 1 is 1.59 bits per heavy atom. The normalized spacial score (nSPS) is 11.1. The zero-order chi connectivity index (χ0) is 12.3. The highest BCUT2D eigenvalue weighted by molar-refractivity contribution is 7.22. The van der Waals surface area contributed by atoms with Gasteiger partial charge in [-0.15, -0.1) is 0 Å². The molecule has 0 spiro atoms. The van der Waals surface area contributed by atoms with E-state index in [1.54, 1.807) is 6.08 Å². The zero-order valence-electron chi connectivity index (χ0n) is 9.34. The highest BCUT2D eigenvalue weighted by Crippen LogP contribution is 2.24. The number of esters is 1. The van der Waals surface area contributed by atoms with Crippen molar-refractivity contribution in [2.75, 3.05) is 12.8 Å². The number of nitrogens with two attached hydrogens (primary N) is 1. The maximum absolute atomic E-state index is 10.9. The molecule has 1 aromatic heterocycles. The molecule has 0 aliphatic heterocycles. The van der Waals surface area contributed by atoms with Crippen LogP contribution in [0.15, 0.2) is 24.3 Å². The van der Waals surface area contributed by atoms with E-state index in [-0.39, 0.29) is 12.4 Å². The van der Waals surface area contributed by atoms with Crippen LogP contribution in [0.4, 0.5) is 5.13 Å². The number of carbonyl (C=O) groups is 1. The highest BCUT2D eigenvalue weighted by atomic mass is 32.1. The largest absolute Gasteiger partial charge is 0.469 e. The first kappa shape index (κ1) is 11.6. The molecule has 0 radical (unpaired) electrons. The Morgan fingerprint density at radius 2 is 2.41 bits per heavy atom. The van der Waals surface area contributed by atoms with Crippen molar-refractivity contribution in [3.05, 3.63) is 29.8 Å². The number of hydrogen-bond acceptors (Lipinski definition) is 5. The fourth-order valence-electron chi connectivity index (χ4n) is 1.44. The summed E-state index contributed by atoms with van der Waals surface area (Å²) in [7, 11) is 1.38. The Bertz CT molecular complexity index is 575. The molecule has 0 saturated heterocycles. The first-order valence-corrected chi connectivity index (χ1v) is 5.90. The van der Waals surface area contributed by atoms with Gasteiger partial charge in [0.1, 0.15) is 0 Å². The SMILES string of the molecule is COC(=O)CC=Cc1ccc2nc(N)sc2c1. The molecule has 2 N–H and O–H groups in total. The van der Waals surface area contributed by atoms with Gasteiger partial charge in [-0.2, -0.15) is 0 Å². The average Bonchev–Trinajstić information content (AvgIpc) is 2.68. The van der Waals surface area contributed by atoms with Crippen LogP contribution < -0.4 is 5.73 Å². The van der Waals surface area contributed by atoms with Crippen LogP contribution in [0.2, 0.25) is 0 Å². The van der Waals surface area contributed by atoms with E-state index in [4.69, 9.17) is 5.73 Å². The molecule has 1 aromatic carbocycles. The first-order valence-electron chi connectivity index (χ1n) is 5.08. The van der Waals surface area contributed by atoms with Gasteiger partial charge in [-0.05, 0) is 17.7 Å². The number of aromatic nitrogens is 1. The van der Waals surface area contributed by atoms with E-state index in [1.807, 2.05) is 24.3 Å². The summed E-state index contributed by atoms with van der Waals surface area (Å²) in [6, 6.07) is 5.85. The zero-order valence-corrected chi connectivity index (χ0v) is 10.2. The summed E-state index contributed by atoms with van der Waals surface area (Å²) in [6.07, 6.45) is 3.93. The number of fused-ring (bicyclic) bond motifs is 1. The summed E-state index contributed by atoms with van der Waals surface area (Å²) in [4.78, 5) is 15.1. The van der Waals surface area contributed by atoms with E-state index >= 15 is 0 Å². The van der Waals surface area contributed by atoms with E-state index in [0.29, 0.717) is 5.13 Å². The summed E-state index contributed by atoms with van der Waals surface area (Å²) in [5.41, 5.74) is 7.55. The number of methoxy groups -OCH3 is 1. The van der Waals surface area contributed by atoms with Crippen LogP contribution in [0.25, 0.3) is 16.3 Å². The monoisotopic (exact) mass is 248 g/mol. The molecule has 0 aliphatic rings. The van der Waals surface area contributed by atoms with Crippen molar-refractivity contribution in [1.29, 1.82) is 0 Å². The van der Waals surface area contributed by atoms with Crippen molar-refractivity contribution >= 4 is 38.7 Å². The number of benzene rings is 1. The summed E-state index contributed by atoms with van der Waals surface area (Å²) in [5.74, 6) is -0.246. The number of ether oxygens (including phenoxy) is 1. The Morgan fingerprint density at radius 3 is 3.18 bits per heavy atom. The number of nitrogen functional groups attached to an aromatic ring is 1. The minimum atomic E-state index is -0.246. The number of nitrogens with zero attached hydrogens (tertiary/aromatic N) is 1. The summed E-state index contributed by atoms with van der Waals surface area (Å²) >= 11 is 1.45. The number of rotatable bonds is 3. The van der Waals surface area contributed by atoms with Crippen LogP contribution >= 0.6 is 11.3 Å². The summed E-state index contributed by atoms with van der Waals surface area (Å²) in [6.45, 7) is 0. The summed E-state index contributed by atoms with van der Waals surface area (Å²) in [5, 5.41) is 0.565. The third-order valence-corrected chi connectivity index (χ3v) is 3.10. The maximum atomic E-state index is 10.9. The minimum absolute atomic E-state index is 0.246. The summed E-state index contributed by atoms with van der Waals surface area (Å²) < 4.78 is 5.59. The van der Waals surface area contributed by atoms with E-state index in [0.717, 1.165) is 15.8 Å². The number of anilines is 1. The molecule has 2 rings (SSSR count). The molecule has 0 saturated carbocycles. The number of carbonyl (C=O) groups excluding carboxylic acids is 1. The van der Waals surface area contributed by atoms with Gasteiger partial charge < -0.3 is 10.5 Å². The van der Waals surface area contributed by atoms with Gasteiger partial charge in [0.25, 0.3) is 0 Å². The van der Waals surface area contributed by atoms with Crippen LogP contribution in [0.3, 0.4) is 0 Å². The van der Waals surface area contributed by atoms with Gasteiger partial charge in [-0.3, -0.25) is 4.79 Å². The van der Waals surface area contributed by atoms with Gasteiger partial charge in [0.15, 0.2) is 5.13 Å². The highest BCUT2D eigenvalue weighted by Gasteiger charge is 2.00. The van der Waals surface area contributed by atoms with Gasteiger partial charge in [-0.25, -0.2) is 4.98 Å². The van der Waals surface area contributed by atoms with Gasteiger partial charge in [0.2, 0.25) is 0 Å². The van der Waals surface area contributed by atoms with Crippen LogP contribution in [0.1, 0.15) is 12.0 Å². The fourth-order valence-corrected chi connectivity index (χ4v) is 2.22. The molecule has 0 bridgehead atoms. The van der Waals surface area contributed by atoms with Gasteiger partial charge in [0, 0.05) is 0 Å². The third kappa shape index (κ3) is 2.82. The second-order valence-electron chi connectivity index (χ2n) is 3.46. The van der Waals surface area contributed by atoms with Crippen molar-refractivity contribution < 1.29 is 9.53 Å². The quantitative estimate of drug-likeness (QED) is 0.847. The molecule has 0 amide bonds. The third-order valence-electron chi connectivity index (χ3n) is 2.25. The Hall–Kier alpha value is -1.88. The topological polar surface area (TPSA) is 65.2 Å². The molecule has 4 nitrogen and oxygen atoms in total. The second kappa shape index (κ2) is 4.97. The Kier molecular flexibility index (Phi) is 3.39. The fraction of sp³-hybridized carbons (Fsp3) is 0.167. The molecule has 88 valence electrons. The van der Waals surface area contributed by atoms with E-state index < -0.39 is 0 Å². The van der Waals surface area contributed by atoms with Crippen molar-refractivity contribution in [3.63, 3.8) is 0 Å². The average molecular weight is 248 g/mol. The van der Waals surface area contributed by atoms with Crippen LogP contribution in [0, 0.1) is 0 Å². The maximum Gasteiger partial charge on any atom is 0.309 e. The molecular formula is C12H12N2O2S. The Balaban J connectivity index is 2.16. The Labute approximate surface area is 103 Å². The molecule has 1 heterocycles. The molecule has 0 aliphatic carbocycles. The second-order valence-corrected chi connectivity index (χ2v) is 4.52. The van der Waals surface area contributed by atoms with Crippen LogP contribution in [0.5, 0.6) is 0 Å². The van der Waals surface area contributed by atoms with Gasteiger partial charge >= 0.3 is 5.97 Å². The molecular weight excluding hydrogens is 236 g/mol. The predicted octanol–water partition coefficient (Wildman–Crippen LogP) is 2.45. The molecule has 2 aromatic rings. The molecule has 0 atom stereocenters. The van der Waals surface area contributed by atoms with E-state index in [1.165, 1.54) is 18.4 Å². The van der Waals surface area contributed by atoms with Gasteiger partial charge in [-0.1, -0.05) is 29.6 Å². The van der Waals surface area contributed by atoms with Crippen molar-refractivity contribution in [2.45, 2.75) is 6.42 Å². The standard InChI is InChI=1S/C12H12N2O2S/c1-16-11(15)4-2-3-8-5-6-9-10(7-8)17-12(13)14-9/h2-3,5-7H,4H2,1H3,(H2,13,14). The lowest BCUT2D eigenvalue weighted by molar-refractivity contribution is -0.139. The van der Waals surface area contributed by atoms with E-state index in [2.05, 4.69) is 9.72 Å². The molecule has 5 heteroatoms. The van der Waals surface area contributed by atoms with E-state index in [9.17, 15) is 4.79 Å². The first-order chi connectivity index (χ1) is 8.19. The smallest absolute Gasteiger partial charge is 0.309 e. The minimum Gasteiger partial charge on any atom is -0.469 e. The van der Waals surface area contributed by atoms with Crippen LogP contribution in [-0.2, 0) is 9.53 Å².